The third-order valence-corrected chi connectivity index (χ3v) is 3.10. The molecule has 22 heavy (non-hydrogen) atoms. The summed E-state index contributed by atoms with van der Waals surface area (Å²) in [5.41, 5.74) is 19.3. The smallest absolute Gasteiger partial charge is 0.292 e. The number of rotatable bonds is 3. The van der Waals surface area contributed by atoms with E-state index in [-0.39, 0.29) is 17.8 Å². The van der Waals surface area contributed by atoms with Crippen molar-refractivity contribution in [3.05, 3.63) is 29.8 Å². The zero-order valence-corrected chi connectivity index (χ0v) is 11.8. The molecule has 0 fully saturated rings. The number of aryl methyl sites for hydroxylation is 1. The van der Waals surface area contributed by atoms with Crippen LogP contribution in [0, 0.1) is 6.92 Å². The Morgan fingerprint density at radius 2 is 2.00 bits per heavy atom. The number of hydrogen-bond acceptors (Lipinski definition) is 8. The molecular weight excluding hydrogens is 284 g/mol. The van der Waals surface area contributed by atoms with Gasteiger partial charge < -0.3 is 21.6 Å². The lowest BCUT2D eigenvalue weighted by molar-refractivity contribution is 0.547. The molecular formula is C13H14N8O. The van der Waals surface area contributed by atoms with E-state index < -0.39 is 0 Å². The zero-order valence-electron chi connectivity index (χ0n) is 11.8. The first kappa shape index (κ1) is 13.6. The maximum Gasteiger partial charge on any atom is 0.292 e. The number of allylic oxidation sites excluding steroid dienone is 2. The van der Waals surface area contributed by atoms with E-state index in [1.165, 1.54) is 0 Å². The summed E-state index contributed by atoms with van der Waals surface area (Å²) in [4.78, 5) is 12.1. The van der Waals surface area contributed by atoms with E-state index >= 15 is 0 Å². The Morgan fingerprint density at radius 1 is 1.23 bits per heavy atom. The highest BCUT2D eigenvalue weighted by molar-refractivity contribution is 6.01. The second-order valence-electron chi connectivity index (χ2n) is 4.56. The Hall–Kier alpha value is -3.36. The summed E-state index contributed by atoms with van der Waals surface area (Å²) >= 11 is 0. The quantitative estimate of drug-likeness (QED) is 0.523. The van der Waals surface area contributed by atoms with Crippen molar-refractivity contribution in [3.63, 3.8) is 0 Å². The van der Waals surface area contributed by atoms with Gasteiger partial charge in [0.25, 0.3) is 6.01 Å². The molecule has 3 aromatic rings. The van der Waals surface area contributed by atoms with Crippen LogP contribution in [-0.2, 0) is 0 Å². The van der Waals surface area contributed by atoms with E-state index in [1.807, 2.05) is 0 Å². The highest BCUT2D eigenvalue weighted by atomic mass is 16.4. The van der Waals surface area contributed by atoms with E-state index in [0.717, 1.165) is 0 Å². The number of hydrogen-bond donors (Lipinski definition) is 4. The van der Waals surface area contributed by atoms with Crippen LogP contribution in [0.1, 0.15) is 17.1 Å². The largest absolute Gasteiger partial charge is 0.429 e. The molecule has 0 aromatic carbocycles. The fourth-order valence-electron chi connectivity index (χ4n) is 2.12. The van der Waals surface area contributed by atoms with Crippen LogP contribution in [0.5, 0.6) is 0 Å². The minimum atomic E-state index is 0.0736. The van der Waals surface area contributed by atoms with Crippen LogP contribution in [-0.4, -0.2) is 25.1 Å². The Kier molecular flexibility index (Phi) is 3.02. The van der Waals surface area contributed by atoms with Crippen molar-refractivity contribution in [2.45, 2.75) is 6.92 Å². The SMILES string of the molecule is C=C/C(=C\c1nc(N)oc1C)c1n[nH]c2nc(N)nc(N)c12. The number of oxazole rings is 1. The molecule has 0 saturated heterocycles. The van der Waals surface area contributed by atoms with Crippen molar-refractivity contribution in [3.8, 4) is 0 Å². The first-order chi connectivity index (χ1) is 10.5. The fraction of sp³-hybridized carbons (Fsp3) is 0.0769. The lowest BCUT2D eigenvalue weighted by Crippen LogP contribution is -2.00. The van der Waals surface area contributed by atoms with Gasteiger partial charge in [0, 0.05) is 5.57 Å². The second-order valence-corrected chi connectivity index (χ2v) is 4.56. The summed E-state index contributed by atoms with van der Waals surface area (Å²) < 4.78 is 5.20. The summed E-state index contributed by atoms with van der Waals surface area (Å²) in [6, 6.07) is 0.0923. The first-order valence-electron chi connectivity index (χ1n) is 6.34. The van der Waals surface area contributed by atoms with Gasteiger partial charge in [-0.05, 0) is 13.0 Å². The van der Waals surface area contributed by atoms with Gasteiger partial charge in [-0.15, -0.1) is 0 Å². The number of aromatic amines is 1. The molecule has 0 bridgehead atoms. The van der Waals surface area contributed by atoms with Crippen LogP contribution in [0.4, 0.5) is 17.8 Å². The fourth-order valence-corrected chi connectivity index (χ4v) is 2.12. The van der Waals surface area contributed by atoms with Crippen LogP contribution in [0.25, 0.3) is 22.7 Å². The summed E-state index contributed by atoms with van der Waals surface area (Å²) in [6.45, 7) is 5.55. The van der Waals surface area contributed by atoms with Gasteiger partial charge >= 0.3 is 0 Å². The second kappa shape index (κ2) is 4.88. The Bertz CT molecular complexity index is 904. The molecule has 0 amide bonds. The van der Waals surface area contributed by atoms with Crippen LogP contribution in [0.3, 0.4) is 0 Å². The summed E-state index contributed by atoms with van der Waals surface area (Å²) in [5.74, 6) is 0.894. The third kappa shape index (κ3) is 2.14. The van der Waals surface area contributed by atoms with Crippen LogP contribution in [0.15, 0.2) is 17.1 Å². The predicted octanol–water partition coefficient (Wildman–Crippen LogP) is 1.12. The van der Waals surface area contributed by atoms with Crippen molar-refractivity contribution in [1.82, 2.24) is 25.1 Å². The van der Waals surface area contributed by atoms with Gasteiger partial charge in [0.05, 0.1) is 5.39 Å². The van der Waals surface area contributed by atoms with Gasteiger partial charge in [-0.2, -0.15) is 20.1 Å². The van der Waals surface area contributed by atoms with Gasteiger partial charge in [-0.1, -0.05) is 12.7 Å². The van der Waals surface area contributed by atoms with Gasteiger partial charge in [-0.25, -0.2) is 0 Å². The molecule has 3 rings (SSSR count). The zero-order chi connectivity index (χ0) is 15.9. The number of H-pyrrole nitrogens is 1. The standard InChI is InChI=1S/C13H14N8O/c1-3-6(4-7-5(2)22-13(16)17-7)9-8-10(14)18-12(15)19-11(8)21-20-9/h3-4H,1H2,2H3,(H2,16,17)(H5,14,15,18,19,20,21)/b6-4+. The molecule has 0 spiro atoms. The molecule has 7 N–H and O–H groups in total. The number of nitrogens with two attached hydrogens (primary N) is 3. The average molecular weight is 298 g/mol. The Balaban J connectivity index is 2.20. The minimum Gasteiger partial charge on any atom is -0.429 e. The van der Waals surface area contributed by atoms with E-state index in [1.54, 1.807) is 19.1 Å². The van der Waals surface area contributed by atoms with Crippen LogP contribution in [0.2, 0.25) is 0 Å². The number of nitrogen functional groups attached to an aromatic ring is 3. The van der Waals surface area contributed by atoms with Crippen LogP contribution < -0.4 is 17.2 Å². The first-order valence-corrected chi connectivity index (χ1v) is 6.34. The van der Waals surface area contributed by atoms with Gasteiger partial charge in [0.15, 0.2) is 5.65 Å². The number of nitrogens with zero attached hydrogens (tertiary/aromatic N) is 4. The normalized spacial score (nSPS) is 12.0. The molecule has 0 radical (unpaired) electrons. The third-order valence-electron chi connectivity index (χ3n) is 3.10. The summed E-state index contributed by atoms with van der Waals surface area (Å²) in [5, 5.41) is 7.55. The van der Waals surface area contributed by atoms with E-state index in [2.05, 4.69) is 31.7 Å². The average Bonchev–Trinajstić information content (AvgIpc) is 2.99. The van der Waals surface area contributed by atoms with Crippen molar-refractivity contribution in [2.24, 2.45) is 0 Å². The molecule has 0 aliphatic heterocycles. The van der Waals surface area contributed by atoms with Crippen LogP contribution >= 0.6 is 0 Å². The summed E-state index contributed by atoms with van der Waals surface area (Å²) in [6.07, 6.45) is 3.36. The van der Waals surface area contributed by atoms with E-state index in [4.69, 9.17) is 21.6 Å². The molecule has 9 nitrogen and oxygen atoms in total. The van der Waals surface area contributed by atoms with Gasteiger partial charge in [-0.3, -0.25) is 5.10 Å². The van der Waals surface area contributed by atoms with E-state index in [9.17, 15) is 0 Å². The topological polar surface area (TPSA) is 159 Å². The predicted molar refractivity (Wildman–Crippen MR) is 84.2 cm³/mol. The number of nitrogens with one attached hydrogen (secondary N) is 1. The van der Waals surface area contributed by atoms with Crippen molar-refractivity contribution in [2.75, 3.05) is 17.2 Å². The molecule has 0 atom stereocenters. The Labute approximate surface area is 124 Å². The van der Waals surface area contributed by atoms with Gasteiger partial charge in [0.1, 0.15) is 23.0 Å². The molecule has 3 aromatic heterocycles. The highest BCUT2D eigenvalue weighted by Crippen LogP contribution is 2.28. The summed E-state index contributed by atoms with van der Waals surface area (Å²) in [7, 11) is 0. The molecule has 0 aliphatic rings. The van der Waals surface area contributed by atoms with Gasteiger partial charge in [0.2, 0.25) is 5.95 Å². The lowest BCUT2D eigenvalue weighted by Gasteiger charge is -2.01. The Morgan fingerprint density at radius 3 is 2.64 bits per heavy atom. The monoisotopic (exact) mass is 298 g/mol. The highest BCUT2D eigenvalue weighted by Gasteiger charge is 2.16. The van der Waals surface area contributed by atoms with Crippen molar-refractivity contribution in [1.29, 1.82) is 0 Å². The van der Waals surface area contributed by atoms with Crippen molar-refractivity contribution < 1.29 is 4.42 Å². The molecule has 3 heterocycles. The minimum absolute atomic E-state index is 0.0736. The lowest BCUT2D eigenvalue weighted by atomic mass is 10.1. The molecule has 0 aliphatic carbocycles. The molecule has 9 heteroatoms. The molecule has 0 unspecified atom stereocenters. The molecule has 112 valence electrons. The number of anilines is 3. The van der Waals surface area contributed by atoms with Crippen molar-refractivity contribution >= 4 is 40.5 Å². The maximum absolute atomic E-state index is 5.92. The number of aromatic nitrogens is 5. The van der Waals surface area contributed by atoms with E-state index in [0.29, 0.717) is 33.8 Å². The molecule has 0 saturated carbocycles. The maximum atomic E-state index is 5.92. The number of fused-ring (bicyclic) bond motifs is 1.